The summed E-state index contributed by atoms with van der Waals surface area (Å²) in [6.07, 6.45) is 1.71. The monoisotopic (exact) mass is 536 g/mol. The highest BCUT2D eigenvalue weighted by Gasteiger charge is 2.04. The first-order valence-corrected chi connectivity index (χ1v) is 9.70. The molecule has 0 fully saturated rings. The van der Waals surface area contributed by atoms with Crippen LogP contribution in [0.1, 0.15) is 18.1 Å². The maximum atomic E-state index is 13.0. The van der Waals surface area contributed by atoms with Crippen LogP contribution in [0.5, 0.6) is 17.4 Å². The van der Waals surface area contributed by atoms with Gasteiger partial charge in [-0.2, -0.15) is 0 Å². The van der Waals surface area contributed by atoms with E-state index in [1.807, 2.05) is 37.3 Å². The zero-order chi connectivity index (χ0) is 21.2. The highest BCUT2D eigenvalue weighted by Crippen LogP contribution is 2.20. The quantitative estimate of drug-likeness (QED) is 0.244. The van der Waals surface area contributed by atoms with Gasteiger partial charge in [0.1, 0.15) is 17.3 Å². The third-order valence-corrected chi connectivity index (χ3v) is 4.24. The fourth-order valence-corrected chi connectivity index (χ4v) is 2.73. The molecular formula is C23H26FIN4O2. The van der Waals surface area contributed by atoms with Gasteiger partial charge in [0.15, 0.2) is 5.96 Å². The van der Waals surface area contributed by atoms with Gasteiger partial charge in [-0.3, -0.25) is 0 Å². The van der Waals surface area contributed by atoms with Gasteiger partial charge in [-0.25, -0.2) is 14.4 Å². The summed E-state index contributed by atoms with van der Waals surface area (Å²) in [6, 6.07) is 17.3. The molecule has 2 aromatic carbocycles. The first kappa shape index (κ1) is 24.4. The smallest absolute Gasteiger partial charge is 0.219 e. The van der Waals surface area contributed by atoms with Gasteiger partial charge in [-0.1, -0.05) is 24.3 Å². The van der Waals surface area contributed by atoms with Gasteiger partial charge in [-0.15, -0.1) is 24.0 Å². The predicted octanol–water partition coefficient (Wildman–Crippen LogP) is 4.89. The summed E-state index contributed by atoms with van der Waals surface area (Å²) in [5.74, 6) is 2.20. The van der Waals surface area contributed by atoms with E-state index in [0.717, 1.165) is 23.4 Å². The summed E-state index contributed by atoms with van der Waals surface area (Å²) in [5, 5.41) is 6.55. The lowest BCUT2D eigenvalue weighted by molar-refractivity contribution is 0.409. The Kier molecular flexibility index (Phi) is 10.0. The fraction of sp³-hybridized carbons (Fsp3) is 0.217. The molecule has 31 heavy (non-hydrogen) atoms. The molecule has 2 N–H and O–H groups in total. The van der Waals surface area contributed by atoms with Gasteiger partial charge < -0.3 is 20.1 Å². The van der Waals surface area contributed by atoms with Crippen molar-refractivity contribution in [1.82, 2.24) is 15.6 Å². The Bertz CT molecular complexity index is 966. The Hall–Kier alpha value is -2.88. The zero-order valence-electron chi connectivity index (χ0n) is 17.5. The van der Waals surface area contributed by atoms with Crippen LogP contribution in [0.2, 0.25) is 0 Å². The van der Waals surface area contributed by atoms with E-state index in [1.54, 1.807) is 31.5 Å². The molecule has 0 bridgehead atoms. The third-order valence-electron chi connectivity index (χ3n) is 4.24. The molecule has 0 atom stereocenters. The molecule has 164 valence electrons. The van der Waals surface area contributed by atoms with Gasteiger partial charge in [-0.05, 0) is 42.8 Å². The van der Waals surface area contributed by atoms with Crippen molar-refractivity contribution in [2.45, 2.75) is 20.0 Å². The number of aliphatic imine (C=N–C) groups is 1. The summed E-state index contributed by atoms with van der Waals surface area (Å²) < 4.78 is 24.0. The SMILES string of the molecule is CCNC(=NCc1ccc(Oc2ccc(F)cc2)nc1)NCc1ccccc1OC.I. The second-order valence-electron chi connectivity index (χ2n) is 6.42. The number of hydrogen-bond acceptors (Lipinski definition) is 4. The number of pyridine rings is 1. The topological polar surface area (TPSA) is 67.8 Å². The number of halogens is 2. The van der Waals surface area contributed by atoms with Gasteiger partial charge >= 0.3 is 0 Å². The van der Waals surface area contributed by atoms with E-state index < -0.39 is 0 Å². The average Bonchev–Trinajstić information content (AvgIpc) is 2.78. The number of aromatic nitrogens is 1. The number of benzene rings is 2. The predicted molar refractivity (Wildman–Crippen MR) is 131 cm³/mol. The molecule has 0 spiro atoms. The number of ether oxygens (including phenoxy) is 2. The molecule has 0 saturated heterocycles. The standard InChI is InChI=1S/C23H25FN4O2.HI/c1-3-25-23(28-16-18-6-4-5-7-21(18)29-2)27-15-17-8-13-22(26-14-17)30-20-11-9-19(24)10-12-20;/h4-14H,3,15-16H2,1-2H3,(H2,25,27,28);1H. The molecule has 1 aromatic heterocycles. The Morgan fingerprint density at radius 3 is 2.48 bits per heavy atom. The lowest BCUT2D eigenvalue weighted by atomic mass is 10.2. The number of nitrogens with one attached hydrogen (secondary N) is 2. The van der Waals surface area contributed by atoms with Crippen LogP contribution >= 0.6 is 24.0 Å². The molecule has 0 saturated carbocycles. The number of rotatable bonds is 8. The van der Waals surface area contributed by atoms with Crippen LogP contribution in [-0.4, -0.2) is 24.6 Å². The van der Waals surface area contributed by atoms with Crippen LogP contribution < -0.4 is 20.1 Å². The van der Waals surface area contributed by atoms with E-state index in [9.17, 15) is 4.39 Å². The van der Waals surface area contributed by atoms with E-state index in [2.05, 4.69) is 20.6 Å². The lowest BCUT2D eigenvalue weighted by Crippen LogP contribution is -2.36. The van der Waals surface area contributed by atoms with Crippen LogP contribution in [-0.2, 0) is 13.1 Å². The largest absolute Gasteiger partial charge is 0.496 e. The second kappa shape index (κ2) is 12.7. The highest BCUT2D eigenvalue weighted by atomic mass is 127. The van der Waals surface area contributed by atoms with Crippen molar-refractivity contribution in [3.8, 4) is 17.4 Å². The van der Waals surface area contributed by atoms with Crippen molar-refractivity contribution in [3.63, 3.8) is 0 Å². The van der Waals surface area contributed by atoms with Crippen LogP contribution in [0, 0.1) is 5.82 Å². The average molecular weight is 536 g/mol. The molecule has 3 rings (SSSR count). The highest BCUT2D eigenvalue weighted by molar-refractivity contribution is 14.0. The summed E-state index contributed by atoms with van der Waals surface area (Å²) in [5.41, 5.74) is 1.99. The van der Waals surface area contributed by atoms with Gasteiger partial charge in [0.2, 0.25) is 5.88 Å². The van der Waals surface area contributed by atoms with Gasteiger partial charge in [0.25, 0.3) is 0 Å². The lowest BCUT2D eigenvalue weighted by Gasteiger charge is -2.13. The van der Waals surface area contributed by atoms with Crippen molar-refractivity contribution >= 4 is 29.9 Å². The first-order valence-electron chi connectivity index (χ1n) is 9.70. The minimum atomic E-state index is -0.306. The van der Waals surface area contributed by atoms with Crippen LogP contribution in [0.3, 0.4) is 0 Å². The van der Waals surface area contributed by atoms with Crippen LogP contribution in [0.4, 0.5) is 4.39 Å². The third kappa shape index (κ3) is 7.71. The molecule has 1 heterocycles. The first-order chi connectivity index (χ1) is 14.7. The number of nitrogens with zero attached hydrogens (tertiary/aromatic N) is 2. The van der Waals surface area contributed by atoms with E-state index in [4.69, 9.17) is 9.47 Å². The number of hydrogen-bond donors (Lipinski definition) is 2. The Labute approximate surface area is 198 Å². The maximum absolute atomic E-state index is 13.0. The van der Waals surface area contributed by atoms with Gasteiger partial charge in [0.05, 0.1) is 13.7 Å². The molecular weight excluding hydrogens is 510 g/mol. The van der Waals surface area contributed by atoms with E-state index in [0.29, 0.717) is 30.7 Å². The molecule has 8 heteroatoms. The van der Waals surface area contributed by atoms with Crippen LogP contribution in [0.15, 0.2) is 71.9 Å². The van der Waals surface area contributed by atoms with E-state index in [1.165, 1.54) is 12.1 Å². The second-order valence-corrected chi connectivity index (χ2v) is 6.42. The van der Waals surface area contributed by atoms with Crippen molar-refractivity contribution < 1.29 is 13.9 Å². The summed E-state index contributed by atoms with van der Waals surface area (Å²) in [7, 11) is 1.66. The molecule has 0 aliphatic rings. The summed E-state index contributed by atoms with van der Waals surface area (Å²) in [4.78, 5) is 8.90. The summed E-state index contributed by atoms with van der Waals surface area (Å²) >= 11 is 0. The Morgan fingerprint density at radius 1 is 1.03 bits per heavy atom. The molecule has 0 aliphatic carbocycles. The molecule has 6 nitrogen and oxygen atoms in total. The normalized spacial score (nSPS) is 10.7. The molecule has 0 amide bonds. The van der Waals surface area contributed by atoms with E-state index in [-0.39, 0.29) is 29.8 Å². The van der Waals surface area contributed by atoms with Gasteiger partial charge in [0, 0.05) is 30.9 Å². The van der Waals surface area contributed by atoms with E-state index >= 15 is 0 Å². The van der Waals surface area contributed by atoms with Crippen molar-refractivity contribution in [2.24, 2.45) is 4.99 Å². The molecule has 0 radical (unpaired) electrons. The Balaban J connectivity index is 0.00000341. The maximum Gasteiger partial charge on any atom is 0.219 e. The fourth-order valence-electron chi connectivity index (χ4n) is 2.73. The molecule has 0 aliphatic heterocycles. The van der Waals surface area contributed by atoms with Crippen LogP contribution in [0.25, 0.3) is 0 Å². The van der Waals surface area contributed by atoms with Crippen molar-refractivity contribution in [2.75, 3.05) is 13.7 Å². The minimum absolute atomic E-state index is 0. The van der Waals surface area contributed by atoms with Crippen molar-refractivity contribution in [3.05, 3.63) is 83.8 Å². The van der Waals surface area contributed by atoms with Crippen molar-refractivity contribution in [1.29, 1.82) is 0 Å². The Morgan fingerprint density at radius 2 is 1.81 bits per heavy atom. The molecule has 3 aromatic rings. The number of methoxy groups -OCH3 is 1. The number of guanidine groups is 1. The number of para-hydroxylation sites is 1. The molecule has 0 unspecified atom stereocenters. The minimum Gasteiger partial charge on any atom is -0.496 e. The summed E-state index contributed by atoms with van der Waals surface area (Å²) in [6.45, 7) is 3.83. The zero-order valence-corrected chi connectivity index (χ0v) is 19.8.